The first-order chi connectivity index (χ1) is 15.7. The number of alkyl halides is 3. The summed E-state index contributed by atoms with van der Waals surface area (Å²) in [5, 5.41) is 0.578. The van der Waals surface area contributed by atoms with Crippen molar-refractivity contribution in [3.63, 3.8) is 0 Å². The van der Waals surface area contributed by atoms with Crippen molar-refractivity contribution in [3.05, 3.63) is 56.5 Å². The Morgan fingerprint density at radius 1 is 1.09 bits per heavy atom. The molecule has 0 saturated carbocycles. The Labute approximate surface area is 192 Å². The average Bonchev–Trinajstić information content (AvgIpc) is 3.32. The summed E-state index contributed by atoms with van der Waals surface area (Å²) >= 11 is 2.87. The van der Waals surface area contributed by atoms with Crippen LogP contribution in [0.2, 0.25) is 0 Å². The second kappa shape index (κ2) is 6.94. The number of hydrogen-bond acceptors (Lipinski definition) is 6. The number of allylic oxidation sites excluding steroid dienone is 2. The Hall–Kier alpha value is -3.11. The number of aromatic nitrogens is 2. The minimum absolute atomic E-state index is 0.256. The maximum absolute atomic E-state index is 15.3. The van der Waals surface area contributed by atoms with Gasteiger partial charge in [0, 0.05) is 25.9 Å². The van der Waals surface area contributed by atoms with Gasteiger partial charge in [-0.3, -0.25) is 4.90 Å². The summed E-state index contributed by atoms with van der Waals surface area (Å²) in [6, 6.07) is 5.13. The topological polar surface area (TPSA) is 41.4 Å². The largest absolute Gasteiger partial charge is 0.451 e. The molecule has 0 fully saturated rings. The maximum Gasteiger partial charge on any atom is 0.451 e. The SMILES string of the molecule is CC1=c2sc3c(c2N=C(F)N1c1ccc2c(c1)sc1c(C)nc(C(F)(F)F)nc12)CC=CC=3. The third kappa shape index (κ3) is 3.04. The zero-order valence-corrected chi connectivity index (χ0v) is 18.9. The normalized spacial score (nSPS) is 15.6. The van der Waals surface area contributed by atoms with Crippen LogP contribution < -0.4 is 14.0 Å². The Kier molecular flexibility index (Phi) is 4.31. The van der Waals surface area contributed by atoms with Gasteiger partial charge in [-0.2, -0.15) is 17.6 Å². The summed E-state index contributed by atoms with van der Waals surface area (Å²) in [6.07, 6.45) is 1.48. The molecule has 0 unspecified atom stereocenters. The third-order valence-electron chi connectivity index (χ3n) is 5.75. The van der Waals surface area contributed by atoms with Crippen LogP contribution in [0.3, 0.4) is 0 Å². The number of amidine groups is 1. The van der Waals surface area contributed by atoms with Gasteiger partial charge in [-0.1, -0.05) is 12.2 Å². The number of aryl methyl sites for hydroxylation is 1. The monoisotopic (exact) mass is 486 g/mol. The minimum Gasteiger partial charge on any atom is -0.274 e. The Bertz CT molecular complexity index is 1670. The van der Waals surface area contributed by atoms with E-state index in [9.17, 15) is 13.2 Å². The fourth-order valence-corrected chi connectivity index (χ4v) is 6.52. The van der Waals surface area contributed by atoms with Gasteiger partial charge in [-0.05, 0) is 44.5 Å². The molecule has 4 aromatic rings. The summed E-state index contributed by atoms with van der Waals surface area (Å²) in [7, 11) is 0. The van der Waals surface area contributed by atoms with Gasteiger partial charge in [0.1, 0.15) is 0 Å². The van der Waals surface area contributed by atoms with Gasteiger partial charge in [0.2, 0.25) is 5.82 Å². The van der Waals surface area contributed by atoms with Crippen molar-refractivity contribution in [2.24, 2.45) is 4.99 Å². The smallest absolute Gasteiger partial charge is 0.274 e. The lowest BCUT2D eigenvalue weighted by molar-refractivity contribution is -0.144. The van der Waals surface area contributed by atoms with Gasteiger partial charge in [-0.15, -0.1) is 22.7 Å². The lowest BCUT2D eigenvalue weighted by Crippen LogP contribution is -2.31. The van der Waals surface area contributed by atoms with Crippen molar-refractivity contribution in [1.29, 1.82) is 0 Å². The molecule has 0 atom stereocenters. The highest BCUT2D eigenvalue weighted by Gasteiger charge is 2.35. The third-order valence-corrected chi connectivity index (χ3v) is 8.29. The minimum atomic E-state index is -4.63. The van der Waals surface area contributed by atoms with Crippen LogP contribution in [0.25, 0.3) is 32.1 Å². The first kappa shape index (κ1) is 20.5. The molecule has 1 aliphatic carbocycles. The van der Waals surface area contributed by atoms with Gasteiger partial charge in [0.05, 0.1) is 31.8 Å². The Balaban J connectivity index is 1.53. The second-order valence-corrected chi connectivity index (χ2v) is 9.92. The molecule has 6 rings (SSSR count). The highest BCUT2D eigenvalue weighted by molar-refractivity contribution is 7.26. The van der Waals surface area contributed by atoms with E-state index in [1.165, 1.54) is 23.2 Å². The number of hydrogen-bond donors (Lipinski definition) is 0. The van der Waals surface area contributed by atoms with Crippen molar-refractivity contribution in [2.75, 3.05) is 4.90 Å². The quantitative estimate of drug-likeness (QED) is 0.255. The Morgan fingerprint density at radius 2 is 1.91 bits per heavy atom. The van der Waals surface area contributed by atoms with E-state index >= 15 is 4.39 Å². The van der Waals surface area contributed by atoms with E-state index in [1.807, 2.05) is 25.2 Å². The predicted octanol–water partition coefficient (Wildman–Crippen LogP) is 5.73. The number of fused-ring (bicyclic) bond motifs is 6. The summed E-state index contributed by atoms with van der Waals surface area (Å²) in [4.78, 5) is 13.1. The standard InChI is InChI=1S/C23H14F4N4S2/c1-10-19-17(29-21(28-10)23(25,26)27)14-8-7-12(9-16(14)33-19)31-11(2)20-18(30-22(31)24)13-5-3-4-6-15(13)32-20/h3-4,6-9H,5H2,1-2H3. The van der Waals surface area contributed by atoms with Crippen LogP contribution in [0, 0.1) is 6.92 Å². The van der Waals surface area contributed by atoms with Gasteiger partial charge in [-0.25, -0.2) is 15.0 Å². The molecule has 0 radical (unpaired) electrons. The predicted molar refractivity (Wildman–Crippen MR) is 125 cm³/mol. The number of halogens is 4. The molecule has 0 saturated heterocycles. The van der Waals surface area contributed by atoms with Crippen molar-refractivity contribution < 1.29 is 17.6 Å². The van der Waals surface area contributed by atoms with E-state index in [2.05, 4.69) is 15.0 Å². The number of anilines is 1. The van der Waals surface area contributed by atoms with Crippen molar-refractivity contribution in [1.82, 2.24) is 9.97 Å². The lowest BCUT2D eigenvalue weighted by Gasteiger charge is -2.24. The van der Waals surface area contributed by atoms with Gasteiger partial charge >= 0.3 is 6.18 Å². The summed E-state index contributed by atoms with van der Waals surface area (Å²) in [5.41, 5.74) is 3.50. The molecule has 4 heterocycles. The number of aliphatic imine (C=N–C) groups is 1. The van der Waals surface area contributed by atoms with E-state index in [0.717, 1.165) is 26.7 Å². The maximum atomic E-state index is 15.3. The molecule has 0 N–H and O–H groups in total. The molecule has 0 bridgehead atoms. The van der Waals surface area contributed by atoms with Gasteiger partial charge < -0.3 is 0 Å². The molecule has 2 aliphatic rings. The molecule has 1 aliphatic heterocycles. The summed E-state index contributed by atoms with van der Waals surface area (Å²) in [6.45, 7) is 3.39. The highest BCUT2D eigenvalue weighted by Crippen LogP contribution is 2.39. The van der Waals surface area contributed by atoms with E-state index in [0.29, 0.717) is 26.2 Å². The molecule has 0 amide bonds. The first-order valence-electron chi connectivity index (χ1n) is 10.0. The number of nitrogens with zero attached hydrogens (tertiary/aromatic N) is 4. The van der Waals surface area contributed by atoms with Gasteiger partial charge in [0.15, 0.2) is 0 Å². The molecule has 1 aromatic carbocycles. The molecular formula is C23H14F4N4S2. The van der Waals surface area contributed by atoms with Crippen LogP contribution in [-0.4, -0.2) is 16.1 Å². The molecule has 166 valence electrons. The highest BCUT2D eigenvalue weighted by atomic mass is 32.1. The first-order valence-corrected chi connectivity index (χ1v) is 11.7. The van der Waals surface area contributed by atoms with Crippen LogP contribution >= 0.6 is 22.7 Å². The van der Waals surface area contributed by atoms with Gasteiger partial charge in [0.25, 0.3) is 6.09 Å². The van der Waals surface area contributed by atoms with Crippen molar-refractivity contribution in [2.45, 2.75) is 26.4 Å². The van der Waals surface area contributed by atoms with E-state index in [4.69, 9.17) is 0 Å². The zero-order valence-electron chi connectivity index (χ0n) is 17.3. The number of thiophene rings is 2. The summed E-state index contributed by atoms with van der Waals surface area (Å²) in [5.74, 6) is -1.16. The molecule has 3 aromatic heterocycles. The fraction of sp³-hybridized carbons (Fsp3) is 0.174. The van der Waals surface area contributed by atoms with Crippen LogP contribution in [0.15, 0.2) is 35.3 Å². The molecule has 10 heteroatoms. The lowest BCUT2D eigenvalue weighted by atomic mass is 10.1. The number of rotatable bonds is 1. The van der Waals surface area contributed by atoms with Crippen LogP contribution in [-0.2, 0) is 12.6 Å². The average molecular weight is 487 g/mol. The fourth-order valence-electron chi connectivity index (χ4n) is 4.23. The van der Waals surface area contributed by atoms with E-state index in [1.54, 1.807) is 29.5 Å². The second-order valence-electron chi connectivity index (χ2n) is 7.81. The molecular weight excluding hydrogens is 472 g/mol. The zero-order chi connectivity index (χ0) is 23.1. The van der Waals surface area contributed by atoms with Crippen molar-refractivity contribution >= 4 is 72.2 Å². The molecule has 0 spiro atoms. The Morgan fingerprint density at radius 3 is 2.70 bits per heavy atom. The number of benzene rings is 1. The van der Waals surface area contributed by atoms with Crippen molar-refractivity contribution in [3.8, 4) is 0 Å². The van der Waals surface area contributed by atoms with Crippen LogP contribution in [0.4, 0.5) is 28.9 Å². The molecule has 4 nitrogen and oxygen atoms in total. The van der Waals surface area contributed by atoms with Crippen LogP contribution in [0.1, 0.15) is 24.0 Å². The summed E-state index contributed by atoms with van der Waals surface area (Å²) < 4.78 is 58.2. The molecule has 33 heavy (non-hydrogen) atoms. The van der Waals surface area contributed by atoms with Crippen LogP contribution in [0.5, 0.6) is 0 Å². The van der Waals surface area contributed by atoms with E-state index in [-0.39, 0.29) is 11.2 Å². The van der Waals surface area contributed by atoms with E-state index < -0.39 is 18.1 Å².